The first-order chi connectivity index (χ1) is 4.93. The van der Waals surface area contributed by atoms with Crippen molar-refractivity contribution in [3.05, 3.63) is 25.2 Å². The molecule has 1 aromatic heterocycles. The molecule has 0 spiro atoms. The molecule has 1 N–H and O–H groups in total. The second-order valence-electron chi connectivity index (χ2n) is 1.90. The van der Waals surface area contributed by atoms with E-state index in [1.54, 1.807) is 6.33 Å². The van der Waals surface area contributed by atoms with Crippen LogP contribution in [0.3, 0.4) is 0 Å². The molecule has 0 aliphatic carbocycles. The van der Waals surface area contributed by atoms with Crippen molar-refractivity contribution in [2.24, 2.45) is 0 Å². The minimum Gasteiger partial charge on any atom is -0.266 e. The summed E-state index contributed by atoms with van der Waals surface area (Å²) in [5.74, 6) is 0.730. The molecule has 0 fully saturated rings. The average molecular weight is 136 g/mol. The molecule has 0 saturated heterocycles. The SMILES string of the molecule is [CH2]CC/C=C/c1nc[nH]n1. The maximum Gasteiger partial charge on any atom is 0.173 e. The van der Waals surface area contributed by atoms with E-state index in [4.69, 9.17) is 0 Å². The summed E-state index contributed by atoms with van der Waals surface area (Å²) in [5.41, 5.74) is 0. The van der Waals surface area contributed by atoms with Gasteiger partial charge in [0.2, 0.25) is 0 Å². The zero-order valence-electron chi connectivity index (χ0n) is 5.75. The van der Waals surface area contributed by atoms with Gasteiger partial charge >= 0.3 is 0 Å². The highest BCUT2D eigenvalue weighted by Crippen LogP contribution is 1.93. The molecule has 1 radical (unpaired) electrons. The number of hydrogen-bond acceptors (Lipinski definition) is 2. The largest absolute Gasteiger partial charge is 0.266 e. The Morgan fingerprint density at radius 1 is 1.70 bits per heavy atom. The summed E-state index contributed by atoms with van der Waals surface area (Å²) in [6, 6.07) is 0. The molecule has 1 aromatic rings. The van der Waals surface area contributed by atoms with Gasteiger partial charge in [0.1, 0.15) is 6.33 Å². The fourth-order valence-electron chi connectivity index (χ4n) is 0.606. The van der Waals surface area contributed by atoms with Crippen LogP contribution in [0.5, 0.6) is 0 Å². The van der Waals surface area contributed by atoms with Gasteiger partial charge in [0.25, 0.3) is 0 Å². The molecule has 0 aromatic carbocycles. The van der Waals surface area contributed by atoms with E-state index in [-0.39, 0.29) is 0 Å². The van der Waals surface area contributed by atoms with Crippen molar-refractivity contribution in [1.82, 2.24) is 15.2 Å². The summed E-state index contributed by atoms with van der Waals surface area (Å²) in [7, 11) is 0. The van der Waals surface area contributed by atoms with Crippen molar-refractivity contribution in [3.63, 3.8) is 0 Å². The van der Waals surface area contributed by atoms with Crippen LogP contribution in [0.1, 0.15) is 18.7 Å². The third kappa shape index (κ3) is 2.01. The number of unbranched alkanes of at least 4 members (excludes halogenated alkanes) is 1. The third-order valence-electron chi connectivity index (χ3n) is 1.07. The van der Waals surface area contributed by atoms with Crippen molar-refractivity contribution in [1.29, 1.82) is 0 Å². The van der Waals surface area contributed by atoms with Crippen molar-refractivity contribution >= 4 is 6.08 Å². The first kappa shape index (κ1) is 6.99. The second-order valence-corrected chi connectivity index (χ2v) is 1.90. The van der Waals surface area contributed by atoms with E-state index in [0.717, 1.165) is 18.7 Å². The molecule has 3 nitrogen and oxygen atoms in total. The van der Waals surface area contributed by atoms with Crippen LogP contribution in [-0.2, 0) is 0 Å². The van der Waals surface area contributed by atoms with Gasteiger partial charge in [-0.3, -0.25) is 5.10 Å². The van der Waals surface area contributed by atoms with Gasteiger partial charge in [-0.1, -0.05) is 13.0 Å². The Morgan fingerprint density at radius 2 is 2.60 bits per heavy atom. The van der Waals surface area contributed by atoms with Gasteiger partial charge in [0.05, 0.1) is 0 Å². The van der Waals surface area contributed by atoms with E-state index in [2.05, 4.69) is 22.1 Å². The second kappa shape index (κ2) is 3.82. The van der Waals surface area contributed by atoms with E-state index < -0.39 is 0 Å². The van der Waals surface area contributed by atoms with Gasteiger partial charge in [0.15, 0.2) is 5.82 Å². The molecule has 0 amide bonds. The van der Waals surface area contributed by atoms with Crippen molar-refractivity contribution in [2.45, 2.75) is 12.8 Å². The van der Waals surface area contributed by atoms with Crippen LogP contribution >= 0.6 is 0 Å². The van der Waals surface area contributed by atoms with Gasteiger partial charge in [-0.15, -0.1) is 0 Å². The lowest BCUT2D eigenvalue weighted by Crippen LogP contribution is -1.73. The summed E-state index contributed by atoms with van der Waals surface area (Å²) < 4.78 is 0. The fourth-order valence-corrected chi connectivity index (χ4v) is 0.606. The molecule has 1 heterocycles. The quantitative estimate of drug-likeness (QED) is 0.683. The molecule has 3 heteroatoms. The average Bonchev–Trinajstić information content (AvgIpc) is 2.41. The van der Waals surface area contributed by atoms with Gasteiger partial charge in [0, 0.05) is 0 Å². The van der Waals surface area contributed by atoms with Crippen molar-refractivity contribution in [2.75, 3.05) is 0 Å². The lowest BCUT2D eigenvalue weighted by molar-refractivity contribution is 1.05. The highest BCUT2D eigenvalue weighted by molar-refractivity contribution is 5.38. The number of nitrogens with zero attached hydrogens (tertiary/aromatic N) is 2. The number of H-pyrrole nitrogens is 1. The number of aromatic nitrogens is 3. The summed E-state index contributed by atoms with van der Waals surface area (Å²) in [4.78, 5) is 3.91. The molecule has 1 rings (SSSR count). The van der Waals surface area contributed by atoms with E-state index >= 15 is 0 Å². The van der Waals surface area contributed by atoms with E-state index in [0.29, 0.717) is 0 Å². The van der Waals surface area contributed by atoms with Gasteiger partial charge in [-0.05, 0) is 18.9 Å². The molecule has 0 saturated carbocycles. The number of hydrogen-bond donors (Lipinski definition) is 1. The normalized spacial score (nSPS) is 10.9. The van der Waals surface area contributed by atoms with E-state index in [9.17, 15) is 0 Å². The Labute approximate surface area is 60.2 Å². The first-order valence-electron chi connectivity index (χ1n) is 3.25. The number of nitrogens with one attached hydrogen (secondary N) is 1. The van der Waals surface area contributed by atoms with Crippen LogP contribution in [0, 0.1) is 6.92 Å². The van der Waals surface area contributed by atoms with Crippen LogP contribution < -0.4 is 0 Å². The minimum absolute atomic E-state index is 0.730. The maximum atomic E-state index is 3.91. The lowest BCUT2D eigenvalue weighted by atomic mass is 10.3. The van der Waals surface area contributed by atoms with Crippen LogP contribution in [0.2, 0.25) is 0 Å². The Kier molecular flexibility index (Phi) is 2.67. The third-order valence-corrected chi connectivity index (χ3v) is 1.07. The van der Waals surface area contributed by atoms with Gasteiger partial charge in [-0.2, -0.15) is 5.10 Å². The Balaban J connectivity index is 2.40. The molecule has 0 aliphatic heterocycles. The van der Waals surface area contributed by atoms with Gasteiger partial charge in [-0.25, -0.2) is 4.98 Å². The summed E-state index contributed by atoms with van der Waals surface area (Å²) in [6.07, 6.45) is 7.34. The highest BCUT2D eigenvalue weighted by Gasteiger charge is 1.85. The van der Waals surface area contributed by atoms with Crippen LogP contribution in [0.4, 0.5) is 0 Å². The molecule has 0 aliphatic rings. The van der Waals surface area contributed by atoms with Crippen LogP contribution in [0.25, 0.3) is 6.08 Å². The van der Waals surface area contributed by atoms with E-state index in [1.165, 1.54) is 0 Å². The minimum atomic E-state index is 0.730. The first-order valence-corrected chi connectivity index (χ1v) is 3.25. The summed E-state index contributed by atoms with van der Waals surface area (Å²) in [6.45, 7) is 3.70. The highest BCUT2D eigenvalue weighted by atomic mass is 15.2. The standard InChI is InChI=1S/C7H10N3/c1-2-3-4-5-7-8-6-9-10-7/h4-6H,1-3H2,(H,8,9,10)/b5-4+. The number of aromatic amines is 1. The van der Waals surface area contributed by atoms with Crippen LogP contribution in [0.15, 0.2) is 12.4 Å². The number of allylic oxidation sites excluding steroid dienone is 1. The van der Waals surface area contributed by atoms with Crippen molar-refractivity contribution in [3.8, 4) is 0 Å². The predicted octanol–water partition coefficient (Wildman–Crippen LogP) is 1.43. The Bertz CT molecular complexity index is 189. The molecular formula is C7H10N3. The zero-order valence-corrected chi connectivity index (χ0v) is 5.75. The monoisotopic (exact) mass is 136 g/mol. The summed E-state index contributed by atoms with van der Waals surface area (Å²) in [5, 5.41) is 6.47. The van der Waals surface area contributed by atoms with E-state index in [1.807, 2.05) is 12.2 Å². The molecule has 53 valence electrons. The molecule has 0 unspecified atom stereocenters. The van der Waals surface area contributed by atoms with Crippen LogP contribution in [-0.4, -0.2) is 15.2 Å². The molecule has 10 heavy (non-hydrogen) atoms. The predicted molar refractivity (Wildman–Crippen MR) is 40.0 cm³/mol. The lowest BCUT2D eigenvalue weighted by Gasteiger charge is -1.80. The van der Waals surface area contributed by atoms with Crippen molar-refractivity contribution < 1.29 is 0 Å². The Hall–Kier alpha value is -1.12. The van der Waals surface area contributed by atoms with Gasteiger partial charge < -0.3 is 0 Å². The molecule has 0 bridgehead atoms. The topological polar surface area (TPSA) is 41.6 Å². The zero-order chi connectivity index (χ0) is 7.23. The Morgan fingerprint density at radius 3 is 3.20 bits per heavy atom. The maximum absolute atomic E-state index is 3.91. The molecule has 0 atom stereocenters. The number of rotatable bonds is 3. The fraction of sp³-hybridized carbons (Fsp3) is 0.286. The smallest absolute Gasteiger partial charge is 0.173 e. The summed E-state index contributed by atoms with van der Waals surface area (Å²) >= 11 is 0. The molecular weight excluding hydrogens is 126 g/mol.